The van der Waals surface area contributed by atoms with Crippen LogP contribution in [-0.4, -0.2) is 32.8 Å². The SMILES string of the molecule is O=C(OCCCC1CCCCC1=O)c1ccc([N+](=O)[O-])c(-n2ccnc2)c1. The van der Waals surface area contributed by atoms with Crippen molar-refractivity contribution in [2.45, 2.75) is 38.5 Å². The molecule has 0 aliphatic heterocycles. The summed E-state index contributed by atoms with van der Waals surface area (Å²) in [6, 6.07) is 4.09. The topological polar surface area (TPSA) is 104 Å². The first-order chi connectivity index (χ1) is 13.1. The molecule has 1 aliphatic carbocycles. The second-order valence-electron chi connectivity index (χ2n) is 6.62. The Morgan fingerprint density at radius 2 is 2.22 bits per heavy atom. The quantitative estimate of drug-likeness (QED) is 0.319. The molecule has 0 bridgehead atoms. The number of esters is 1. The summed E-state index contributed by atoms with van der Waals surface area (Å²) in [7, 11) is 0. The molecule has 8 nitrogen and oxygen atoms in total. The number of nitro groups is 1. The van der Waals surface area contributed by atoms with Crippen LogP contribution in [0.3, 0.4) is 0 Å². The van der Waals surface area contributed by atoms with Gasteiger partial charge in [-0.1, -0.05) is 6.42 Å². The molecule has 1 atom stereocenters. The second kappa shape index (κ2) is 8.57. The minimum Gasteiger partial charge on any atom is -0.462 e. The molecular weight excluding hydrogens is 350 g/mol. The van der Waals surface area contributed by atoms with E-state index in [0.717, 1.165) is 25.7 Å². The second-order valence-corrected chi connectivity index (χ2v) is 6.62. The average molecular weight is 371 g/mol. The van der Waals surface area contributed by atoms with Crippen LogP contribution in [-0.2, 0) is 9.53 Å². The fraction of sp³-hybridized carbons (Fsp3) is 0.421. The summed E-state index contributed by atoms with van der Waals surface area (Å²) in [5.74, 6) is -0.140. The van der Waals surface area contributed by atoms with Crippen molar-refractivity contribution >= 4 is 17.4 Å². The Hall–Kier alpha value is -3.03. The van der Waals surface area contributed by atoms with E-state index in [1.807, 2.05) is 0 Å². The number of imidazole rings is 1. The summed E-state index contributed by atoms with van der Waals surface area (Å²) in [5, 5.41) is 11.2. The number of carbonyl (C=O) groups is 2. The van der Waals surface area contributed by atoms with E-state index >= 15 is 0 Å². The molecular formula is C19H21N3O5. The summed E-state index contributed by atoms with van der Waals surface area (Å²) in [5.41, 5.74) is 0.359. The van der Waals surface area contributed by atoms with Gasteiger partial charge in [0.25, 0.3) is 5.69 Å². The molecule has 142 valence electrons. The first kappa shape index (κ1) is 18.8. The maximum absolute atomic E-state index is 12.3. The number of rotatable bonds is 7. The molecule has 1 fully saturated rings. The highest BCUT2D eigenvalue weighted by Gasteiger charge is 2.22. The van der Waals surface area contributed by atoms with Crippen LogP contribution in [0.15, 0.2) is 36.9 Å². The number of carbonyl (C=O) groups excluding carboxylic acids is 2. The van der Waals surface area contributed by atoms with Gasteiger partial charge in [0.05, 0.1) is 23.4 Å². The fourth-order valence-corrected chi connectivity index (χ4v) is 3.35. The average Bonchev–Trinajstić information content (AvgIpc) is 3.20. The van der Waals surface area contributed by atoms with Crippen molar-refractivity contribution in [1.29, 1.82) is 0 Å². The van der Waals surface area contributed by atoms with Crippen molar-refractivity contribution < 1.29 is 19.2 Å². The molecule has 1 aromatic heterocycles. The van der Waals surface area contributed by atoms with E-state index in [4.69, 9.17) is 4.74 Å². The highest BCUT2D eigenvalue weighted by Crippen LogP contribution is 2.26. The van der Waals surface area contributed by atoms with Gasteiger partial charge in [0, 0.05) is 30.8 Å². The highest BCUT2D eigenvalue weighted by molar-refractivity contribution is 5.90. The lowest BCUT2D eigenvalue weighted by molar-refractivity contribution is -0.384. The fourth-order valence-electron chi connectivity index (χ4n) is 3.35. The van der Waals surface area contributed by atoms with Gasteiger partial charge in [-0.05, 0) is 37.8 Å². The van der Waals surface area contributed by atoms with Crippen LogP contribution in [0.2, 0.25) is 0 Å². The number of Topliss-reactive ketones (excluding diaryl/α,β-unsaturated/α-hetero) is 1. The lowest BCUT2D eigenvalue weighted by Crippen LogP contribution is -2.19. The zero-order valence-corrected chi connectivity index (χ0v) is 14.9. The summed E-state index contributed by atoms with van der Waals surface area (Å²) in [4.78, 5) is 38.7. The molecule has 1 aromatic carbocycles. The van der Waals surface area contributed by atoms with Gasteiger partial charge < -0.3 is 9.30 Å². The maximum Gasteiger partial charge on any atom is 0.338 e. The van der Waals surface area contributed by atoms with Crippen molar-refractivity contribution in [1.82, 2.24) is 9.55 Å². The Morgan fingerprint density at radius 3 is 2.93 bits per heavy atom. The Kier molecular flexibility index (Phi) is 5.95. The Bertz CT molecular complexity index is 832. The molecule has 1 heterocycles. The van der Waals surface area contributed by atoms with E-state index in [9.17, 15) is 19.7 Å². The first-order valence-corrected chi connectivity index (χ1v) is 9.03. The maximum atomic E-state index is 12.3. The van der Waals surface area contributed by atoms with Crippen molar-refractivity contribution in [3.63, 3.8) is 0 Å². The van der Waals surface area contributed by atoms with Crippen molar-refractivity contribution in [2.75, 3.05) is 6.61 Å². The molecule has 0 radical (unpaired) electrons. The number of nitro benzene ring substituents is 1. The molecule has 1 unspecified atom stereocenters. The summed E-state index contributed by atoms with van der Waals surface area (Å²) in [6.45, 7) is 0.222. The number of aromatic nitrogens is 2. The molecule has 1 aliphatic rings. The van der Waals surface area contributed by atoms with Crippen LogP contribution in [0.1, 0.15) is 48.9 Å². The molecule has 8 heteroatoms. The zero-order valence-electron chi connectivity index (χ0n) is 14.9. The van der Waals surface area contributed by atoms with Crippen LogP contribution in [0, 0.1) is 16.0 Å². The molecule has 1 saturated carbocycles. The lowest BCUT2D eigenvalue weighted by atomic mass is 9.85. The van der Waals surface area contributed by atoms with E-state index in [0.29, 0.717) is 18.6 Å². The third-order valence-corrected chi connectivity index (χ3v) is 4.80. The Labute approximate surface area is 156 Å². The van der Waals surface area contributed by atoms with E-state index in [-0.39, 0.29) is 29.5 Å². The van der Waals surface area contributed by atoms with Crippen molar-refractivity contribution in [3.05, 3.63) is 52.6 Å². The van der Waals surface area contributed by atoms with Crippen LogP contribution in [0.25, 0.3) is 5.69 Å². The lowest BCUT2D eigenvalue weighted by Gasteiger charge is -2.20. The van der Waals surface area contributed by atoms with Crippen molar-refractivity contribution in [2.24, 2.45) is 5.92 Å². The number of nitrogens with zero attached hydrogens (tertiary/aromatic N) is 3. The molecule has 3 rings (SSSR count). The number of ketones is 1. The third-order valence-electron chi connectivity index (χ3n) is 4.80. The van der Waals surface area contributed by atoms with E-state index < -0.39 is 10.9 Å². The minimum absolute atomic E-state index is 0.0877. The van der Waals surface area contributed by atoms with Gasteiger partial charge in [-0.3, -0.25) is 14.9 Å². The van der Waals surface area contributed by atoms with Crippen LogP contribution in [0.5, 0.6) is 0 Å². The molecule has 27 heavy (non-hydrogen) atoms. The summed E-state index contributed by atoms with van der Waals surface area (Å²) in [6.07, 6.45) is 9.49. The Balaban J connectivity index is 1.60. The van der Waals surface area contributed by atoms with E-state index in [1.54, 1.807) is 6.20 Å². The molecule has 2 aromatic rings. The molecule has 0 spiro atoms. The zero-order chi connectivity index (χ0) is 19.2. The predicted octanol–water partition coefficient (Wildman–Crippen LogP) is 3.48. The van der Waals surface area contributed by atoms with Crippen LogP contribution < -0.4 is 0 Å². The van der Waals surface area contributed by atoms with Gasteiger partial charge in [-0.25, -0.2) is 9.78 Å². The molecule has 0 N–H and O–H groups in total. The third kappa shape index (κ3) is 4.58. The summed E-state index contributed by atoms with van der Waals surface area (Å²) < 4.78 is 6.76. The van der Waals surface area contributed by atoms with Gasteiger partial charge in [-0.15, -0.1) is 0 Å². The normalized spacial score (nSPS) is 16.9. The minimum atomic E-state index is -0.541. The standard InChI is InChI=1S/C19H21N3O5/c23-18-6-2-1-4-14(18)5-3-11-27-19(24)15-7-8-16(22(25)26)17(12-15)21-10-9-20-13-21/h7-10,12-14H,1-6,11H2. The number of hydrogen-bond donors (Lipinski definition) is 0. The Morgan fingerprint density at radius 1 is 1.37 bits per heavy atom. The smallest absolute Gasteiger partial charge is 0.338 e. The summed E-state index contributed by atoms with van der Waals surface area (Å²) >= 11 is 0. The van der Waals surface area contributed by atoms with Gasteiger partial charge in [-0.2, -0.15) is 0 Å². The van der Waals surface area contributed by atoms with Crippen molar-refractivity contribution in [3.8, 4) is 5.69 Å². The van der Waals surface area contributed by atoms with E-state index in [1.165, 1.54) is 35.3 Å². The highest BCUT2D eigenvalue weighted by atomic mass is 16.6. The first-order valence-electron chi connectivity index (χ1n) is 9.03. The monoisotopic (exact) mass is 371 g/mol. The van der Waals surface area contributed by atoms with Crippen LogP contribution in [0.4, 0.5) is 5.69 Å². The van der Waals surface area contributed by atoms with Gasteiger partial charge in [0.2, 0.25) is 0 Å². The molecule has 0 amide bonds. The predicted molar refractivity (Wildman–Crippen MR) is 96.7 cm³/mol. The van der Waals surface area contributed by atoms with Gasteiger partial charge >= 0.3 is 5.97 Å². The van der Waals surface area contributed by atoms with Gasteiger partial charge in [0.15, 0.2) is 0 Å². The number of ether oxygens (including phenoxy) is 1. The number of benzene rings is 1. The molecule has 0 saturated heterocycles. The van der Waals surface area contributed by atoms with Crippen LogP contribution >= 0.6 is 0 Å². The largest absolute Gasteiger partial charge is 0.462 e. The number of hydrogen-bond acceptors (Lipinski definition) is 6. The van der Waals surface area contributed by atoms with Gasteiger partial charge in [0.1, 0.15) is 11.5 Å². The van der Waals surface area contributed by atoms with E-state index in [2.05, 4.69) is 4.98 Å².